The molecule has 2 rings (SSSR count). The van der Waals surface area contributed by atoms with E-state index < -0.39 is 5.97 Å². The molecule has 1 N–H and O–H groups in total. The molecule has 1 heterocycles. The largest absolute Gasteiger partial charge is 0.506 e. The molecular formula is C18H18FNO4S. The smallest absolute Gasteiger partial charge is 0.344 e. The molecule has 1 aliphatic heterocycles. The highest BCUT2D eigenvalue weighted by Crippen LogP contribution is 2.39. The number of benzene rings is 1. The maximum atomic E-state index is 13.0. The molecule has 0 atom stereocenters. The molecule has 1 amide bonds. The number of halogens is 1. The molecule has 0 unspecified atom stereocenters. The first-order valence-electron chi connectivity index (χ1n) is 7.84. The minimum atomic E-state index is -0.738. The molecule has 0 saturated heterocycles. The number of aliphatic hydroxyl groups excluding tert-OH is 1. The number of hydrogen-bond donors (Lipinski definition) is 1. The van der Waals surface area contributed by atoms with E-state index in [1.807, 2.05) is 6.92 Å². The average Bonchev–Trinajstić information content (AvgIpc) is 2.85. The number of hydrogen-bond acceptors (Lipinski definition) is 5. The average molecular weight is 363 g/mol. The van der Waals surface area contributed by atoms with Gasteiger partial charge < -0.3 is 9.84 Å². The molecule has 0 bridgehead atoms. The van der Waals surface area contributed by atoms with Gasteiger partial charge in [-0.1, -0.05) is 30.8 Å². The second-order valence-corrected chi connectivity index (χ2v) is 6.20. The van der Waals surface area contributed by atoms with Gasteiger partial charge in [0.25, 0.3) is 0 Å². The van der Waals surface area contributed by atoms with E-state index >= 15 is 0 Å². The fraction of sp³-hybridized carbons (Fsp3) is 0.278. The van der Waals surface area contributed by atoms with Crippen LogP contribution in [0.25, 0.3) is 6.08 Å². The number of ether oxygens (including phenoxy) is 1. The lowest BCUT2D eigenvalue weighted by Crippen LogP contribution is -2.14. The highest BCUT2D eigenvalue weighted by molar-refractivity contribution is 8.18. The van der Waals surface area contributed by atoms with Crippen LogP contribution in [-0.4, -0.2) is 28.6 Å². The van der Waals surface area contributed by atoms with Gasteiger partial charge in [-0.05, 0) is 37.1 Å². The van der Waals surface area contributed by atoms with E-state index in [1.165, 1.54) is 24.3 Å². The van der Waals surface area contributed by atoms with E-state index in [-0.39, 0.29) is 41.1 Å². The number of carbonyl (C=O) groups is 2. The van der Waals surface area contributed by atoms with Crippen LogP contribution in [0.5, 0.6) is 0 Å². The van der Waals surface area contributed by atoms with Crippen molar-refractivity contribution in [1.29, 1.82) is 0 Å². The molecule has 0 aromatic heterocycles. The normalized spacial score (nSPS) is 17.4. The van der Waals surface area contributed by atoms with Crippen molar-refractivity contribution in [3.05, 3.63) is 51.9 Å². The van der Waals surface area contributed by atoms with Crippen LogP contribution in [-0.2, 0) is 14.3 Å². The molecule has 0 spiro atoms. The Morgan fingerprint density at radius 3 is 2.56 bits per heavy atom. The van der Waals surface area contributed by atoms with Crippen molar-refractivity contribution in [3.8, 4) is 0 Å². The SMILES string of the molecule is CCCC(=O)N=C1S/C(=C\c2ccc(F)cc2)C(O)=C1C(=O)OCC. The number of amides is 1. The second-order valence-electron chi connectivity index (χ2n) is 5.17. The van der Waals surface area contributed by atoms with Crippen LogP contribution in [0.15, 0.2) is 45.5 Å². The van der Waals surface area contributed by atoms with Gasteiger partial charge in [0.15, 0.2) is 0 Å². The van der Waals surface area contributed by atoms with Crippen LogP contribution in [0.3, 0.4) is 0 Å². The molecule has 0 radical (unpaired) electrons. The fourth-order valence-corrected chi connectivity index (χ4v) is 3.12. The molecule has 1 aliphatic rings. The first-order chi connectivity index (χ1) is 12.0. The summed E-state index contributed by atoms with van der Waals surface area (Å²) in [7, 11) is 0. The van der Waals surface area contributed by atoms with E-state index in [0.29, 0.717) is 16.9 Å². The Hall–Kier alpha value is -2.41. The minimum absolute atomic E-state index is 0.114. The third-order valence-corrected chi connectivity index (χ3v) is 4.25. The third-order valence-electron chi connectivity index (χ3n) is 3.23. The Bertz CT molecular complexity index is 766. The highest BCUT2D eigenvalue weighted by Gasteiger charge is 2.33. The van der Waals surface area contributed by atoms with Crippen molar-refractivity contribution in [1.82, 2.24) is 0 Å². The predicted molar refractivity (Wildman–Crippen MR) is 95.6 cm³/mol. The van der Waals surface area contributed by atoms with Crippen molar-refractivity contribution < 1.29 is 23.8 Å². The Morgan fingerprint density at radius 2 is 1.96 bits per heavy atom. The third kappa shape index (κ3) is 4.79. The Morgan fingerprint density at radius 1 is 1.28 bits per heavy atom. The van der Waals surface area contributed by atoms with Crippen LogP contribution in [0, 0.1) is 5.82 Å². The van der Waals surface area contributed by atoms with Gasteiger partial charge >= 0.3 is 5.97 Å². The number of aliphatic imine (C=N–C) groups is 1. The number of esters is 1. The highest BCUT2D eigenvalue weighted by atomic mass is 32.2. The van der Waals surface area contributed by atoms with Crippen molar-refractivity contribution in [2.75, 3.05) is 6.61 Å². The quantitative estimate of drug-likeness (QED) is 0.800. The summed E-state index contributed by atoms with van der Waals surface area (Å²) in [6.45, 7) is 3.62. The summed E-state index contributed by atoms with van der Waals surface area (Å²) in [5.74, 6) is -1.78. The maximum absolute atomic E-state index is 13.0. The van der Waals surface area contributed by atoms with E-state index in [2.05, 4.69) is 4.99 Å². The summed E-state index contributed by atoms with van der Waals surface area (Å²) in [5.41, 5.74) is 0.518. The molecule has 1 aromatic carbocycles. The van der Waals surface area contributed by atoms with Crippen molar-refractivity contribution in [2.24, 2.45) is 4.99 Å². The molecule has 0 saturated carbocycles. The van der Waals surface area contributed by atoms with Crippen molar-refractivity contribution >= 4 is 34.8 Å². The Balaban J connectivity index is 2.42. The Kier molecular flexibility index (Phi) is 6.52. The predicted octanol–water partition coefficient (Wildman–Crippen LogP) is 4.01. The first-order valence-corrected chi connectivity index (χ1v) is 8.65. The van der Waals surface area contributed by atoms with Crippen molar-refractivity contribution in [2.45, 2.75) is 26.7 Å². The van der Waals surface area contributed by atoms with Crippen molar-refractivity contribution in [3.63, 3.8) is 0 Å². The molecule has 25 heavy (non-hydrogen) atoms. The van der Waals surface area contributed by atoms with Gasteiger partial charge in [-0.2, -0.15) is 0 Å². The molecule has 132 valence electrons. The Labute approximate surface area is 149 Å². The van der Waals surface area contributed by atoms with Gasteiger partial charge in [0.05, 0.1) is 11.5 Å². The van der Waals surface area contributed by atoms with Gasteiger partial charge in [-0.15, -0.1) is 0 Å². The number of nitrogens with zero attached hydrogens (tertiary/aromatic N) is 1. The molecule has 1 aromatic rings. The van der Waals surface area contributed by atoms with E-state index in [9.17, 15) is 19.1 Å². The van der Waals surface area contributed by atoms with Gasteiger partial charge in [0.2, 0.25) is 5.91 Å². The van der Waals surface area contributed by atoms with Gasteiger partial charge in [0, 0.05) is 6.42 Å². The summed E-state index contributed by atoms with van der Waals surface area (Å²) < 4.78 is 17.9. The molecular weight excluding hydrogens is 345 g/mol. The lowest BCUT2D eigenvalue weighted by atomic mass is 10.1. The summed E-state index contributed by atoms with van der Waals surface area (Å²) in [6.07, 6.45) is 2.46. The number of thioether (sulfide) groups is 1. The number of rotatable bonds is 5. The zero-order valence-corrected chi connectivity index (χ0v) is 14.7. The van der Waals surface area contributed by atoms with Crippen LogP contribution < -0.4 is 0 Å². The lowest BCUT2D eigenvalue weighted by molar-refractivity contribution is -0.138. The summed E-state index contributed by atoms with van der Waals surface area (Å²) in [5, 5.41) is 10.5. The van der Waals surface area contributed by atoms with Crippen LogP contribution in [0.1, 0.15) is 32.3 Å². The second kappa shape index (κ2) is 8.62. The summed E-state index contributed by atoms with van der Waals surface area (Å²) >= 11 is 1.01. The monoisotopic (exact) mass is 363 g/mol. The summed E-state index contributed by atoms with van der Waals surface area (Å²) in [4.78, 5) is 28.2. The van der Waals surface area contributed by atoms with E-state index in [4.69, 9.17) is 4.74 Å². The lowest BCUT2D eigenvalue weighted by Gasteiger charge is -2.03. The molecule has 0 aliphatic carbocycles. The van der Waals surface area contributed by atoms with E-state index in [1.54, 1.807) is 13.0 Å². The van der Waals surface area contributed by atoms with Crippen LogP contribution >= 0.6 is 11.8 Å². The zero-order valence-electron chi connectivity index (χ0n) is 13.9. The van der Waals surface area contributed by atoms with E-state index in [0.717, 1.165) is 11.8 Å². The zero-order chi connectivity index (χ0) is 18.4. The van der Waals surface area contributed by atoms with Crippen LogP contribution in [0.2, 0.25) is 0 Å². The molecule has 7 heteroatoms. The van der Waals surface area contributed by atoms with Gasteiger partial charge in [0.1, 0.15) is 22.2 Å². The minimum Gasteiger partial charge on any atom is -0.506 e. The number of aliphatic hydroxyl groups is 1. The van der Waals surface area contributed by atoms with Gasteiger partial charge in [-0.25, -0.2) is 14.2 Å². The topological polar surface area (TPSA) is 76.0 Å². The van der Waals surface area contributed by atoms with Gasteiger partial charge in [-0.3, -0.25) is 4.79 Å². The first kappa shape index (κ1) is 18.9. The standard InChI is InChI=1S/C18H18FNO4S/c1-3-5-14(21)20-17-15(18(23)24-4-2)16(22)13(25-17)10-11-6-8-12(19)9-7-11/h6-10,22H,3-5H2,1-2H3/b13-10-,20-17?. The number of carbonyl (C=O) groups excluding carboxylic acids is 2. The molecule has 0 fully saturated rings. The summed E-state index contributed by atoms with van der Waals surface area (Å²) in [6, 6.07) is 5.66. The molecule has 5 nitrogen and oxygen atoms in total. The maximum Gasteiger partial charge on any atom is 0.344 e. The van der Waals surface area contributed by atoms with Crippen LogP contribution in [0.4, 0.5) is 4.39 Å². The fourth-order valence-electron chi connectivity index (χ4n) is 2.09.